The Bertz CT molecular complexity index is 3540. The molecule has 15 heteroatoms. The largest absolute Gasteiger partial charge is 0.417 e. The number of alkyl halides is 6. The van der Waals surface area contributed by atoms with E-state index < -0.39 is 34.6 Å². The summed E-state index contributed by atoms with van der Waals surface area (Å²) in [6.07, 6.45) is -10.5. The lowest BCUT2D eigenvalue weighted by atomic mass is 9.90. The molecule has 0 aliphatic heterocycles. The van der Waals surface area contributed by atoms with Crippen LogP contribution in [0.4, 0.5) is 26.3 Å². The van der Waals surface area contributed by atoms with E-state index in [-0.39, 0.29) is 16.9 Å². The predicted molar refractivity (Wildman–Crippen MR) is 232 cm³/mol. The third kappa shape index (κ3) is 6.57. The number of para-hydroxylation sites is 2. The van der Waals surface area contributed by atoms with Crippen molar-refractivity contribution in [3.8, 4) is 51.3 Å². The van der Waals surface area contributed by atoms with Crippen LogP contribution in [-0.4, -0.2) is 39.0 Å². The Balaban J connectivity index is 1.37. The van der Waals surface area contributed by atoms with E-state index in [1.54, 1.807) is 85.4 Å². The summed E-state index contributed by atoms with van der Waals surface area (Å²) < 4.78 is 95.2. The lowest BCUT2D eigenvalue weighted by molar-refractivity contribution is -0.142. The third-order valence-corrected chi connectivity index (χ3v) is 11.2. The maximum atomic E-state index is 15.3. The molecule has 0 radical (unpaired) electrons. The molecule has 0 aliphatic carbocycles. The zero-order valence-electron chi connectivity index (χ0n) is 34.3. The van der Waals surface area contributed by atoms with Gasteiger partial charge < -0.3 is 9.13 Å². The van der Waals surface area contributed by atoms with E-state index in [0.717, 1.165) is 11.5 Å². The number of fused-ring (bicyclic) bond motifs is 6. The molecule has 10 aromatic rings. The molecule has 0 amide bonds. The highest BCUT2D eigenvalue weighted by Crippen LogP contribution is 2.49. The van der Waals surface area contributed by atoms with Crippen LogP contribution in [0.5, 0.6) is 0 Å². The summed E-state index contributed by atoms with van der Waals surface area (Å²) in [6, 6.07) is 32.1. The topological polar surface area (TPSA) is 111 Å². The number of hydrogen-bond donors (Lipinski definition) is 0. The molecule has 9 nitrogen and oxygen atoms in total. The molecule has 0 saturated carbocycles. The van der Waals surface area contributed by atoms with Crippen molar-refractivity contribution in [2.45, 2.75) is 40.0 Å². The number of aryl methyl sites for hydroxylation is 4. The second-order valence-corrected chi connectivity index (χ2v) is 15.4. The highest BCUT2D eigenvalue weighted by atomic mass is 19.4. The molecule has 64 heavy (non-hydrogen) atoms. The fourth-order valence-electron chi connectivity index (χ4n) is 8.78. The van der Waals surface area contributed by atoms with E-state index in [4.69, 9.17) is 0 Å². The summed E-state index contributed by atoms with van der Waals surface area (Å²) in [5.74, 6) is 2.57. The van der Waals surface area contributed by atoms with Crippen LogP contribution in [0.15, 0.2) is 115 Å². The standard InChI is InChI=1S/C49H31F6N9/c1-25-57-26(2)60-46(59-25)29-16-18-34-32-10-5-7-14-39(32)63(42(34)20-29)41-23-36(45-37(48(50,51)52)12-9-13-38(45)49(53,54)55)44(22-31(41)24-56)64-40-15-8-6-11-33(40)35-19-17-30(21-43(35)64)47-61-27(3)58-28(4)62-47/h5-23H,1-4H3. The van der Waals surface area contributed by atoms with Crippen molar-refractivity contribution >= 4 is 43.6 Å². The molecule has 0 fully saturated rings. The summed E-state index contributed by atoms with van der Waals surface area (Å²) >= 11 is 0. The van der Waals surface area contributed by atoms with Crippen molar-refractivity contribution in [3.05, 3.63) is 155 Å². The molecule has 0 aliphatic rings. The first kappa shape index (κ1) is 40.1. The number of rotatable bonds is 5. The summed E-state index contributed by atoms with van der Waals surface area (Å²) in [7, 11) is 0. The van der Waals surface area contributed by atoms with Crippen LogP contribution in [0.2, 0.25) is 0 Å². The maximum absolute atomic E-state index is 15.3. The van der Waals surface area contributed by atoms with Gasteiger partial charge in [0.25, 0.3) is 0 Å². The van der Waals surface area contributed by atoms with Gasteiger partial charge in [-0.25, -0.2) is 29.9 Å². The van der Waals surface area contributed by atoms with E-state index >= 15 is 26.3 Å². The van der Waals surface area contributed by atoms with Crippen LogP contribution in [0, 0.1) is 39.0 Å². The number of halogens is 6. The minimum Gasteiger partial charge on any atom is -0.309 e. The molecule has 6 aromatic carbocycles. The number of nitrogens with zero attached hydrogens (tertiary/aromatic N) is 9. The molecular weight excluding hydrogens is 829 g/mol. The molecule has 0 spiro atoms. The number of aromatic nitrogens is 8. The lowest BCUT2D eigenvalue weighted by Crippen LogP contribution is -2.15. The Morgan fingerprint density at radius 1 is 0.453 bits per heavy atom. The number of nitriles is 1. The van der Waals surface area contributed by atoms with Gasteiger partial charge in [0.15, 0.2) is 11.6 Å². The van der Waals surface area contributed by atoms with Crippen LogP contribution in [0.3, 0.4) is 0 Å². The average Bonchev–Trinajstić information content (AvgIpc) is 3.76. The van der Waals surface area contributed by atoms with Gasteiger partial charge >= 0.3 is 12.4 Å². The molecule has 0 saturated heterocycles. The lowest BCUT2D eigenvalue weighted by Gasteiger charge is -2.24. The molecule has 0 atom stereocenters. The van der Waals surface area contributed by atoms with Crippen molar-refractivity contribution in [1.82, 2.24) is 39.0 Å². The number of hydrogen-bond acceptors (Lipinski definition) is 7. The van der Waals surface area contributed by atoms with Gasteiger partial charge in [-0.3, -0.25) is 0 Å². The van der Waals surface area contributed by atoms with E-state index in [2.05, 4.69) is 36.0 Å². The van der Waals surface area contributed by atoms with Gasteiger partial charge in [0.05, 0.1) is 50.1 Å². The van der Waals surface area contributed by atoms with E-state index in [9.17, 15) is 5.26 Å². The highest BCUT2D eigenvalue weighted by molar-refractivity contribution is 6.12. The molecular formula is C49H31F6N9. The van der Waals surface area contributed by atoms with E-state index in [0.29, 0.717) is 96.4 Å². The van der Waals surface area contributed by atoms with Crippen LogP contribution in [0.25, 0.3) is 88.9 Å². The van der Waals surface area contributed by atoms with Crippen molar-refractivity contribution < 1.29 is 26.3 Å². The Hall–Kier alpha value is -7.99. The monoisotopic (exact) mass is 859 g/mol. The second-order valence-electron chi connectivity index (χ2n) is 15.4. The SMILES string of the molecule is Cc1nc(C)nc(-c2ccc3c4ccccc4n(-c4cc(-c5c(C(F)(F)F)cccc5C(F)(F)F)c(-n5c6ccccc6c6ccc(-c7nc(C)nc(C)n7)cc65)cc4C#N)c3c2)n1. The van der Waals surface area contributed by atoms with Crippen LogP contribution in [-0.2, 0) is 12.4 Å². The zero-order chi connectivity index (χ0) is 44.8. The fraction of sp³-hybridized carbons (Fsp3) is 0.122. The fourth-order valence-corrected chi connectivity index (χ4v) is 8.78. The van der Waals surface area contributed by atoms with Crippen LogP contribution < -0.4 is 0 Å². The van der Waals surface area contributed by atoms with Crippen molar-refractivity contribution in [3.63, 3.8) is 0 Å². The minimum absolute atomic E-state index is 0.0255. The second kappa shape index (κ2) is 14.6. The normalized spacial score (nSPS) is 12.2. The van der Waals surface area contributed by atoms with Crippen molar-refractivity contribution in [2.75, 3.05) is 0 Å². The summed E-state index contributed by atoms with van der Waals surface area (Å²) in [4.78, 5) is 26.7. The minimum atomic E-state index is -5.23. The quantitative estimate of drug-likeness (QED) is 0.158. The van der Waals surface area contributed by atoms with Gasteiger partial charge in [0.1, 0.15) is 29.4 Å². The van der Waals surface area contributed by atoms with Crippen molar-refractivity contribution in [1.29, 1.82) is 5.26 Å². The Morgan fingerprint density at radius 3 is 1.31 bits per heavy atom. The summed E-state index contributed by atoms with van der Waals surface area (Å²) in [5, 5.41) is 13.8. The molecule has 4 heterocycles. The Labute approximate surface area is 360 Å². The molecule has 0 bridgehead atoms. The Morgan fingerprint density at radius 2 is 0.875 bits per heavy atom. The van der Waals surface area contributed by atoms with Gasteiger partial charge in [-0.15, -0.1) is 0 Å². The van der Waals surface area contributed by atoms with Gasteiger partial charge in [-0.1, -0.05) is 66.7 Å². The maximum Gasteiger partial charge on any atom is 0.417 e. The highest BCUT2D eigenvalue weighted by Gasteiger charge is 2.42. The predicted octanol–water partition coefficient (Wildman–Crippen LogP) is 12.4. The Kier molecular flexibility index (Phi) is 9.12. The molecule has 314 valence electrons. The van der Waals surface area contributed by atoms with E-state index in [1.807, 2.05) is 36.4 Å². The van der Waals surface area contributed by atoms with Gasteiger partial charge in [-0.2, -0.15) is 31.6 Å². The molecule has 0 N–H and O–H groups in total. The van der Waals surface area contributed by atoms with Gasteiger partial charge in [0, 0.05) is 43.8 Å². The first-order valence-corrected chi connectivity index (χ1v) is 19.9. The van der Waals surface area contributed by atoms with Crippen LogP contribution in [0.1, 0.15) is 40.0 Å². The average molecular weight is 860 g/mol. The smallest absolute Gasteiger partial charge is 0.309 e. The molecule has 4 aromatic heterocycles. The van der Waals surface area contributed by atoms with Gasteiger partial charge in [0.2, 0.25) is 0 Å². The first-order valence-electron chi connectivity index (χ1n) is 19.9. The van der Waals surface area contributed by atoms with Crippen LogP contribution >= 0.6 is 0 Å². The van der Waals surface area contributed by atoms with Gasteiger partial charge in [-0.05, 0) is 76.2 Å². The first-order chi connectivity index (χ1) is 30.6. The zero-order valence-corrected chi connectivity index (χ0v) is 34.3. The molecule has 10 rings (SSSR count). The summed E-state index contributed by atoms with van der Waals surface area (Å²) in [5.41, 5.74) is -1.51. The van der Waals surface area contributed by atoms with Crippen molar-refractivity contribution in [2.24, 2.45) is 0 Å². The third-order valence-electron chi connectivity index (χ3n) is 11.2. The molecule has 0 unspecified atom stereocenters. The van der Waals surface area contributed by atoms with E-state index in [1.165, 1.54) is 12.1 Å². The summed E-state index contributed by atoms with van der Waals surface area (Å²) in [6.45, 7) is 6.90. The number of benzene rings is 6.